The van der Waals surface area contributed by atoms with Crippen LogP contribution in [0.2, 0.25) is 25.7 Å². The quantitative estimate of drug-likeness (QED) is 0.0526. The predicted octanol–water partition coefficient (Wildman–Crippen LogP) is 8.22. The molecule has 0 saturated carbocycles. The highest BCUT2D eigenvalue weighted by molar-refractivity contribution is 6.76. The van der Waals surface area contributed by atoms with Gasteiger partial charge in [0, 0.05) is 20.2 Å². The smallest absolute Gasteiger partial charge is 0.338 e. The molecule has 11 atom stereocenters. The van der Waals surface area contributed by atoms with E-state index in [1.165, 1.54) is 0 Å². The standard InChI is InChI=1S/C53H56O15Si/c1-33-41(43(63-47(54)34-18-10-6-11-19-34)45(52(61-33)59-30-31-69(3,4)5)65-49(56)36-22-14-8-15-23-36)67-53-46(66-50(57)37-24-16-9-17-25-37)44(64-48(55)35-20-12-7-13-21-35)42-40(62-53)32-60-51(68-42)38-26-28-39(58-2)29-27-38/h6-29,33,40-46,51-53H,30-32H2,1-5H3/t33-,40-,41-,42+,43+,44+,45-,46-,51+,52-,53+/m1/s1. The minimum Gasteiger partial charge on any atom is -0.497 e. The second kappa shape index (κ2) is 22.5. The van der Waals surface area contributed by atoms with Gasteiger partial charge >= 0.3 is 23.9 Å². The molecule has 3 aliphatic heterocycles. The summed E-state index contributed by atoms with van der Waals surface area (Å²) in [5.41, 5.74) is 1.47. The van der Waals surface area contributed by atoms with Gasteiger partial charge in [0.25, 0.3) is 0 Å². The van der Waals surface area contributed by atoms with Gasteiger partial charge in [0.2, 0.25) is 0 Å². The van der Waals surface area contributed by atoms with E-state index in [0.717, 1.165) is 6.04 Å². The Morgan fingerprint density at radius 2 is 0.986 bits per heavy atom. The fourth-order valence-electron chi connectivity index (χ4n) is 8.10. The lowest BCUT2D eigenvalue weighted by Crippen LogP contribution is -2.67. The zero-order valence-corrected chi connectivity index (χ0v) is 40.0. The molecule has 5 aromatic rings. The summed E-state index contributed by atoms with van der Waals surface area (Å²) in [6, 6.07) is 41.1. The first kappa shape index (κ1) is 49.2. The van der Waals surface area contributed by atoms with Crippen molar-refractivity contribution in [3.05, 3.63) is 173 Å². The van der Waals surface area contributed by atoms with Crippen LogP contribution in [0.1, 0.15) is 60.2 Å². The third kappa shape index (κ3) is 12.3. The highest BCUT2D eigenvalue weighted by Gasteiger charge is 2.58. The Bertz CT molecular complexity index is 2470. The van der Waals surface area contributed by atoms with E-state index in [1.807, 2.05) is 0 Å². The number of carbonyl (C=O) groups excluding carboxylic acids is 4. The molecule has 362 valence electrons. The molecule has 0 bridgehead atoms. The Morgan fingerprint density at radius 1 is 0.536 bits per heavy atom. The number of rotatable bonds is 16. The van der Waals surface area contributed by atoms with Crippen LogP contribution in [0.5, 0.6) is 5.75 Å². The summed E-state index contributed by atoms with van der Waals surface area (Å²) < 4.78 is 70.0. The lowest BCUT2D eigenvalue weighted by Gasteiger charge is -2.50. The molecule has 15 nitrogen and oxygen atoms in total. The number of ether oxygens (including phenoxy) is 11. The molecule has 3 aliphatic rings. The van der Waals surface area contributed by atoms with Crippen molar-refractivity contribution in [3.8, 4) is 5.75 Å². The van der Waals surface area contributed by atoms with E-state index in [0.29, 0.717) is 11.3 Å². The van der Waals surface area contributed by atoms with Crippen LogP contribution in [-0.2, 0) is 47.4 Å². The highest BCUT2D eigenvalue weighted by Crippen LogP contribution is 2.40. The Labute approximate surface area is 401 Å². The Balaban J connectivity index is 1.19. The lowest BCUT2D eigenvalue weighted by atomic mass is 9.95. The van der Waals surface area contributed by atoms with Crippen LogP contribution in [0.4, 0.5) is 0 Å². The van der Waals surface area contributed by atoms with Gasteiger partial charge in [-0.3, -0.25) is 0 Å². The number of hydrogen-bond donors (Lipinski definition) is 0. The second-order valence-electron chi connectivity index (χ2n) is 18.0. The molecule has 8 rings (SSSR count). The van der Waals surface area contributed by atoms with E-state index in [-0.39, 0.29) is 35.5 Å². The summed E-state index contributed by atoms with van der Waals surface area (Å²) >= 11 is 0. The Morgan fingerprint density at radius 3 is 1.45 bits per heavy atom. The summed E-state index contributed by atoms with van der Waals surface area (Å²) in [6.07, 6.45) is -13.9. The molecule has 0 spiro atoms. The molecule has 5 aromatic carbocycles. The molecule has 0 aliphatic carbocycles. The molecule has 3 fully saturated rings. The van der Waals surface area contributed by atoms with Crippen molar-refractivity contribution < 1.29 is 71.3 Å². The van der Waals surface area contributed by atoms with E-state index < -0.39 is 99.7 Å². The van der Waals surface area contributed by atoms with Crippen LogP contribution in [-0.4, -0.2) is 114 Å². The van der Waals surface area contributed by atoms with Crippen molar-refractivity contribution >= 4 is 32.0 Å². The van der Waals surface area contributed by atoms with Gasteiger partial charge in [-0.1, -0.05) is 105 Å². The molecule has 0 unspecified atom stereocenters. The zero-order chi connectivity index (χ0) is 48.5. The first-order valence-corrected chi connectivity index (χ1v) is 26.6. The molecule has 16 heteroatoms. The summed E-state index contributed by atoms with van der Waals surface area (Å²) in [4.78, 5) is 56.5. The third-order valence-corrected chi connectivity index (χ3v) is 13.5. The predicted molar refractivity (Wildman–Crippen MR) is 251 cm³/mol. The summed E-state index contributed by atoms with van der Waals surface area (Å²) in [7, 11) is -0.0837. The Kier molecular flexibility index (Phi) is 16.0. The van der Waals surface area contributed by atoms with Crippen LogP contribution >= 0.6 is 0 Å². The largest absolute Gasteiger partial charge is 0.497 e. The molecular weight excluding hydrogens is 905 g/mol. The van der Waals surface area contributed by atoms with Crippen molar-refractivity contribution in [2.45, 2.75) is 100 Å². The van der Waals surface area contributed by atoms with Crippen LogP contribution in [0.25, 0.3) is 0 Å². The zero-order valence-electron chi connectivity index (χ0n) is 39.0. The molecule has 0 amide bonds. The number of hydrogen-bond acceptors (Lipinski definition) is 15. The lowest BCUT2D eigenvalue weighted by molar-refractivity contribution is -0.381. The van der Waals surface area contributed by atoms with Crippen molar-refractivity contribution in [2.75, 3.05) is 20.3 Å². The van der Waals surface area contributed by atoms with Crippen molar-refractivity contribution in [1.29, 1.82) is 0 Å². The topological polar surface area (TPSA) is 170 Å². The number of fused-ring (bicyclic) bond motifs is 1. The molecule has 69 heavy (non-hydrogen) atoms. The summed E-state index contributed by atoms with van der Waals surface area (Å²) in [5.74, 6) is -2.41. The van der Waals surface area contributed by atoms with Crippen molar-refractivity contribution in [3.63, 3.8) is 0 Å². The maximum Gasteiger partial charge on any atom is 0.338 e. The van der Waals surface area contributed by atoms with E-state index >= 15 is 0 Å². The first-order chi connectivity index (χ1) is 33.3. The van der Waals surface area contributed by atoms with Gasteiger partial charge < -0.3 is 52.1 Å². The van der Waals surface area contributed by atoms with E-state index in [2.05, 4.69) is 19.6 Å². The van der Waals surface area contributed by atoms with E-state index in [4.69, 9.17) is 52.1 Å². The minimum absolute atomic E-state index is 0.0899. The first-order valence-electron chi connectivity index (χ1n) is 22.9. The fraction of sp³-hybridized carbons (Fsp3) is 0.358. The highest BCUT2D eigenvalue weighted by atomic mass is 28.3. The number of carbonyl (C=O) groups is 4. The monoisotopic (exact) mass is 960 g/mol. The Hall–Kier alpha value is -6.24. The van der Waals surface area contributed by atoms with Gasteiger partial charge in [0.1, 0.15) is 24.1 Å². The summed E-state index contributed by atoms with van der Waals surface area (Å²) in [6.45, 7) is 8.45. The van der Waals surface area contributed by atoms with Gasteiger partial charge in [-0.15, -0.1) is 0 Å². The molecule has 0 radical (unpaired) electrons. The van der Waals surface area contributed by atoms with E-state index in [9.17, 15) is 19.2 Å². The maximum absolute atomic E-state index is 14.2. The maximum atomic E-state index is 14.2. The number of methoxy groups -OCH3 is 1. The van der Waals surface area contributed by atoms with Crippen LogP contribution in [0.3, 0.4) is 0 Å². The molecule has 3 heterocycles. The van der Waals surface area contributed by atoms with E-state index in [1.54, 1.807) is 160 Å². The number of esters is 4. The molecule has 3 saturated heterocycles. The normalized spacial score (nSPS) is 26.7. The average molecular weight is 961 g/mol. The molecular formula is C53H56O15Si. The fourth-order valence-corrected chi connectivity index (χ4v) is 8.83. The molecule has 0 aromatic heterocycles. The van der Waals surface area contributed by atoms with Gasteiger partial charge in [0.05, 0.1) is 42.1 Å². The summed E-state index contributed by atoms with van der Waals surface area (Å²) in [5, 5.41) is 0. The van der Waals surface area contributed by atoms with Crippen molar-refractivity contribution in [2.24, 2.45) is 0 Å². The SMILES string of the molecule is COc1ccc([C@H]2OC[C@H]3O[C@@H](O[C@H]4[C@H](OC(=O)c5ccccc5)[C@@H](OC(=O)c5ccccc5)[C@H](OCC[Si](C)(C)C)O[C@@H]4C)[C@H](OC(=O)c4ccccc4)[C@@H](OC(=O)c4ccccc4)[C@H]3O2)cc1. The minimum atomic E-state index is -1.64. The van der Waals surface area contributed by atoms with Gasteiger partial charge in [-0.05, 0) is 73.6 Å². The van der Waals surface area contributed by atoms with Crippen LogP contribution in [0, 0.1) is 0 Å². The van der Waals surface area contributed by atoms with Crippen LogP contribution in [0.15, 0.2) is 146 Å². The van der Waals surface area contributed by atoms with Crippen molar-refractivity contribution in [1.82, 2.24) is 0 Å². The molecule has 0 N–H and O–H groups in total. The second-order valence-corrected chi connectivity index (χ2v) is 23.6. The van der Waals surface area contributed by atoms with Gasteiger partial charge in [0.15, 0.2) is 43.3 Å². The van der Waals surface area contributed by atoms with Gasteiger partial charge in [-0.2, -0.15) is 0 Å². The third-order valence-electron chi connectivity index (χ3n) is 11.8. The number of benzene rings is 5. The van der Waals surface area contributed by atoms with Gasteiger partial charge in [-0.25, -0.2) is 19.2 Å². The van der Waals surface area contributed by atoms with Crippen LogP contribution < -0.4 is 4.74 Å². The average Bonchev–Trinajstić information content (AvgIpc) is 3.37.